The van der Waals surface area contributed by atoms with Crippen LogP contribution in [-0.2, 0) is 13.0 Å². The summed E-state index contributed by atoms with van der Waals surface area (Å²) >= 11 is 6.11. The summed E-state index contributed by atoms with van der Waals surface area (Å²) in [4.78, 5) is 7.35. The molecule has 0 atom stereocenters. The molecule has 0 saturated heterocycles. The van der Waals surface area contributed by atoms with Gasteiger partial charge in [0.2, 0.25) is 0 Å². The van der Waals surface area contributed by atoms with Gasteiger partial charge in [0.1, 0.15) is 16.7 Å². The fourth-order valence-electron chi connectivity index (χ4n) is 1.96. The van der Waals surface area contributed by atoms with E-state index in [0.717, 1.165) is 17.7 Å². The van der Waals surface area contributed by atoms with Crippen LogP contribution < -0.4 is 5.73 Å². The number of imidazole rings is 1. The Balaban J connectivity index is 2.25. The first-order valence-electron chi connectivity index (χ1n) is 6.14. The van der Waals surface area contributed by atoms with Gasteiger partial charge in [-0.2, -0.15) is 0 Å². The smallest absolute Gasteiger partial charge is 0.134 e. The van der Waals surface area contributed by atoms with Crippen molar-refractivity contribution in [3.8, 4) is 11.3 Å². The second-order valence-corrected chi connectivity index (χ2v) is 5.22. The highest BCUT2D eigenvalue weighted by atomic mass is 35.5. The van der Waals surface area contributed by atoms with Crippen molar-refractivity contribution in [2.45, 2.75) is 26.8 Å². The fourth-order valence-corrected chi connectivity index (χ4v) is 2.22. The van der Waals surface area contributed by atoms with Gasteiger partial charge in [-0.25, -0.2) is 4.98 Å². The Hall–Kier alpha value is -1.32. The topological polar surface area (TPSA) is 54.7 Å². The first-order valence-corrected chi connectivity index (χ1v) is 6.51. The third kappa shape index (κ3) is 2.92. The monoisotopic (exact) mass is 263 g/mol. The van der Waals surface area contributed by atoms with E-state index in [1.54, 1.807) is 0 Å². The first kappa shape index (κ1) is 13.1. The van der Waals surface area contributed by atoms with Gasteiger partial charge < -0.3 is 10.7 Å². The van der Waals surface area contributed by atoms with Gasteiger partial charge in [-0.1, -0.05) is 49.7 Å². The van der Waals surface area contributed by atoms with E-state index in [2.05, 4.69) is 48.1 Å². The zero-order chi connectivity index (χ0) is 13.1. The second kappa shape index (κ2) is 5.55. The van der Waals surface area contributed by atoms with Crippen LogP contribution in [0.15, 0.2) is 24.3 Å². The number of hydrogen-bond donors (Lipinski definition) is 2. The van der Waals surface area contributed by atoms with Crippen LogP contribution in [0.4, 0.5) is 0 Å². The number of H-pyrrole nitrogens is 1. The third-order valence-electron chi connectivity index (χ3n) is 2.77. The Bertz CT molecular complexity index is 514. The average Bonchev–Trinajstić information content (AvgIpc) is 2.71. The number of aromatic nitrogens is 2. The van der Waals surface area contributed by atoms with Crippen LogP contribution in [-0.4, -0.2) is 9.97 Å². The molecule has 3 N–H and O–H groups in total. The van der Waals surface area contributed by atoms with Gasteiger partial charge in [0.05, 0.1) is 6.54 Å². The molecule has 0 spiro atoms. The van der Waals surface area contributed by atoms with Crippen molar-refractivity contribution in [1.29, 1.82) is 0 Å². The van der Waals surface area contributed by atoms with Gasteiger partial charge in [0.25, 0.3) is 0 Å². The number of nitrogens with one attached hydrogen (secondary N) is 1. The summed E-state index contributed by atoms with van der Waals surface area (Å²) in [5.74, 6) is 1.37. The van der Waals surface area contributed by atoms with E-state index in [4.69, 9.17) is 17.3 Å². The molecule has 0 fully saturated rings. The molecule has 0 aliphatic heterocycles. The van der Waals surface area contributed by atoms with E-state index in [9.17, 15) is 0 Å². The third-order valence-corrected chi connectivity index (χ3v) is 3.05. The SMILES string of the molecule is CC(C)Cc1ccc(-c2nc(CN)[nH]c2Cl)cc1. The summed E-state index contributed by atoms with van der Waals surface area (Å²) < 4.78 is 0. The maximum absolute atomic E-state index is 6.11. The molecule has 1 aromatic carbocycles. The number of hydrogen-bond acceptors (Lipinski definition) is 2. The molecule has 18 heavy (non-hydrogen) atoms. The summed E-state index contributed by atoms with van der Waals surface area (Å²) in [7, 11) is 0. The van der Waals surface area contributed by atoms with Crippen LogP contribution in [0.2, 0.25) is 5.15 Å². The predicted molar refractivity (Wildman–Crippen MR) is 75.5 cm³/mol. The number of nitrogens with two attached hydrogens (primary N) is 1. The Morgan fingerprint density at radius 1 is 1.28 bits per heavy atom. The molecule has 0 amide bonds. The van der Waals surface area contributed by atoms with Crippen molar-refractivity contribution in [1.82, 2.24) is 9.97 Å². The highest BCUT2D eigenvalue weighted by Gasteiger charge is 2.09. The lowest BCUT2D eigenvalue weighted by atomic mass is 10.0. The van der Waals surface area contributed by atoms with Gasteiger partial charge in [-0.15, -0.1) is 0 Å². The van der Waals surface area contributed by atoms with Gasteiger partial charge in [-0.05, 0) is 17.9 Å². The van der Waals surface area contributed by atoms with Gasteiger partial charge in [0, 0.05) is 5.56 Å². The summed E-state index contributed by atoms with van der Waals surface area (Å²) in [5, 5.41) is 0.548. The molecular formula is C14H18ClN3. The largest absolute Gasteiger partial charge is 0.331 e. The van der Waals surface area contributed by atoms with Crippen molar-refractivity contribution in [2.24, 2.45) is 11.7 Å². The summed E-state index contributed by atoms with van der Waals surface area (Å²) in [6.45, 7) is 4.79. The van der Waals surface area contributed by atoms with Crippen molar-refractivity contribution < 1.29 is 0 Å². The molecule has 0 unspecified atom stereocenters. The fraction of sp³-hybridized carbons (Fsp3) is 0.357. The molecular weight excluding hydrogens is 246 g/mol. The molecule has 0 aliphatic carbocycles. The Morgan fingerprint density at radius 3 is 2.44 bits per heavy atom. The van der Waals surface area contributed by atoms with Crippen LogP contribution in [0.5, 0.6) is 0 Å². The zero-order valence-corrected chi connectivity index (χ0v) is 11.5. The van der Waals surface area contributed by atoms with Gasteiger partial charge in [0.15, 0.2) is 0 Å². The van der Waals surface area contributed by atoms with Crippen molar-refractivity contribution >= 4 is 11.6 Å². The van der Waals surface area contributed by atoms with Crippen LogP contribution in [0, 0.1) is 5.92 Å². The minimum Gasteiger partial charge on any atom is -0.331 e. The summed E-state index contributed by atoms with van der Waals surface area (Å²) in [6.07, 6.45) is 1.09. The lowest BCUT2D eigenvalue weighted by Crippen LogP contribution is -1.97. The molecule has 1 heterocycles. The van der Waals surface area contributed by atoms with E-state index >= 15 is 0 Å². The minimum atomic E-state index is 0.366. The number of aromatic amines is 1. The lowest BCUT2D eigenvalue weighted by Gasteiger charge is -2.05. The lowest BCUT2D eigenvalue weighted by molar-refractivity contribution is 0.647. The minimum absolute atomic E-state index is 0.366. The van der Waals surface area contributed by atoms with Crippen molar-refractivity contribution in [3.63, 3.8) is 0 Å². The van der Waals surface area contributed by atoms with Crippen molar-refractivity contribution in [3.05, 3.63) is 40.8 Å². The molecule has 2 aromatic rings. The number of halogens is 1. The van der Waals surface area contributed by atoms with Crippen LogP contribution in [0.25, 0.3) is 11.3 Å². The molecule has 3 nitrogen and oxygen atoms in total. The van der Waals surface area contributed by atoms with E-state index < -0.39 is 0 Å². The van der Waals surface area contributed by atoms with E-state index in [1.165, 1.54) is 5.56 Å². The maximum Gasteiger partial charge on any atom is 0.134 e. The molecule has 0 radical (unpaired) electrons. The Labute approximate surface area is 112 Å². The molecule has 2 rings (SSSR count). The number of benzene rings is 1. The molecule has 0 bridgehead atoms. The average molecular weight is 264 g/mol. The van der Waals surface area contributed by atoms with E-state index in [1.807, 2.05) is 0 Å². The molecule has 96 valence electrons. The summed E-state index contributed by atoms with van der Waals surface area (Å²) in [6, 6.07) is 8.37. The highest BCUT2D eigenvalue weighted by molar-refractivity contribution is 6.31. The number of rotatable bonds is 4. The van der Waals surface area contributed by atoms with E-state index in [-0.39, 0.29) is 0 Å². The number of nitrogens with zero attached hydrogens (tertiary/aromatic N) is 1. The van der Waals surface area contributed by atoms with E-state index in [0.29, 0.717) is 23.4 Å². The van der Waals surface area contributed by atoms with Crippen molar-refractivity contribution in [2.75, 3.05) is 0 Å². The van der Waals surface area contributed by atoms with Crippen LogP contribution in [0.1, 0.15) is 25.2 Å². The molecule has 0 saturated carbocycles. The van der Waals surface area contributed by atoms with Crippen LogP contribution in [0.3, 0.4) is 0 Å². The Morgan fingerprint density at radius 2 is 1.94 bits per heavy atom. The summed E-state index contributed by atoms with van der Waals surface area (Å²) in [5.41, 5.74) is 8.66. The first-order chi connectivity index (χ1) is 8.60. The van der Waals surface area contributed by atoms with Gasteiger partial charge >= 0.3 is 0 Å². The quantitative estimate of drug-likeness (QED) is 0.888. The molecule has 1 aromatic heterocycles. The Kier molecular flexibility index (Phi) is 4.04. The normalized spacial score (nSPS) is 11.2. The van der Waals surface area contributed by atoms with Crippen LogP contribution >= 0.6 is 11.6 Å². The standard InChI is InChI=1S/C14H18ClN3/c1-9(2)7-10-3-5-11(6-4-10)13-14(15)18-12(8-16)17-13/h3-6,9H,7-8,16H2,1-2H3,(H,17,18). The maximum atomic E-state index is 6.11. The molecule has 4 heteroatoms. The predicted octanol–water partition coefficient (Wildman–Crippen LogP) is 3.39. The van der Waals surface area contributed by atoms with Gasteiger partial charge in [-0.3, -0.25) is 0 Å². The second-order valence-electron chi connectivity index (χ2n) is 4.85. The highest BCUT2D eigenvalue weighted by Crippen LogP contribution is 2.26. The zero-order valence-electron chi connectivity index (χ0n) is 10.7. The molecule has 0 aliphatic rings.